The number of para-hydroxylation sites is 1. The lowest BCUT2D eigenvalue weighted by Gasteiger charge is -2.14. The zero-order valence-corrected chi connectivity index (χ0v) is 9.97. The first-order valence-electron chi connectivity index (χ1n) is 5.59. The van der Waals surface area contributed by atoms with E-state index in [1.54, 1.807) is 0 Å². The van der Waals surface area contributed by atoms with Gasteiger partial charge in [0.1, 0.15) is 12.1 Å². The Bertz CT molecular complexity index is 453. The van der Waals surface area contributed by atoms with Crippen molar-refractivity contribution in [3.63, 3.8) is 0 Å². The van der Waals surface area contributed by atoms with Crippen molar-refractivity contribution in [2.24, 2.45) is 0 Å². The van der Waals surface area contributed by atoms with E-state index in [1.807, 2.05) is 38.1 Å². The van der Waals surface area contributed by atoms with Crippen LogP contribution in [0.15, 0.2) is 30.6 Å². The van der Waals surface area contributed by atoms with E-state index in [2.05, 4.69) is 20.5 Å². The molecule has 0 atom stereocenters. The summed E-state index contributed by atoms with van der Waals surface area (Å²) in [5.74, 6) is 1.55. The fourth-order valence-electron chi connectivity index (χ4n) is 1.49. The van der Waals surface area contributed by atoms with Crippen molar-refractivity contribution < 1.29 is 4.74 Å². The van der Waals surface area contributed by atoms with E-state index in [4.69, 9.17) is 4.74 Å². The summed E-state index contributed by atoms with van der Waals surface area (Å²) < 4.78 is 5.73. The molecule has 0 unspecified atom stereocenters. The van der Waals surface area contributed by atoms with Crippen molar-refractivity contribution in [3.8, 4) is 5.75 Å². The van der Waals surface area contributed by atoms with Gasteiger partial charge in [-0.1, -0.05) is 18.2 Å². The minimum Gasteiger partial charge on any atom is -0.491 e. The number of aromatic amines is 1. The summed E-state index contributed by atoms with van der Waals surface area (Å²) >= 11 is 0. The van der Waals surface area contributed by atoms with E-state index in [0.717, 1.165) is 11.3 Å². The van der Waals surface area contributed by atoms with Gasteiger partial charge < -0.3 is 10.1 Å². The van der Waals surface area contributed by atoms with Crippen molar-refractivity contribution in [2.75, 3.05) is 5.32 Å². The summed E-state index contributed by atoms with van der Waals surface area (Å²) in [4.78, 5) is 4.00. The van der Waals surface area contributed by atoms with Crippen molar-refractivity contribution in [3.05, 3.63) is 36.2 Å². The molecule has 1 aromatic carbocycles. The van der Waals surface area contributed by atoms with Crippen LogP contribution in [0.3, 0.4) is 0 Å². The lowest BCUT2D eigenvalue weighted by Crippen LogP contribution is -2.09. The number of ether oxygens (including phenoxy) is 1. The number of hydrogen-bond donors (Lipinski definition) is 2. The highest BCUT2D eigenvalue weighted by Gasteiger charge is 2.05. The molecule has 1 heterocycles. The predicted octanol–water partition coefficient (Wildman–Crippen LogP) is 2.20. The molecule has 0 bridgehead atoms. The Morgan fingerprint density at radius 1 is 1.35 bits per heavy atom. The third-order valence-corrected chi connectivity index (χ3v) is 2.20. The molecular weight excluding hydrogens is 216 g/mol. The standard InChI is InChI=1S/C12H16N4O/c1-9(2)17-11-6-4-3-5-10(11)7-13-12-14-8-15-16-12/h3-6,8-9H,7H2,1-2H3,(H2,13,14,15,16). The molecule has 2 rings (SSSR count). The summed E-state index contributed by atoms with van der Waals surface area (Å²) in [6.45, 7) is 4.68. The number of aromatic nitrogens is 3. The van der Waals surface area contributed by atoms with Gasteiger partial charge in [-0.05, 0) is 19.9 Å². The number of hydrogen-bond acceptors (Lipinski definition) is 4. The second-order valence-electron chi connectivity index (χ2n) is 3.96. The van der Waals surface area contributed by atoms with Gasteiger partial charge in [0.15, 0.2) is 0 Å². The number of nitrogens with zero attached hydrogens (tertiary/aromatic N) is 2. The Kier molecular flexibility index (Phi) is 3.59. The average Bonchev–Trinajstić information content (AvgIpc) is 2.80. The first-order valence-corrected chi connectivity index (χ1v) is 5.59. The van der Waals surface area contributed by atoms with E-state index >= 15 is 0 Å². The number of benzene rings is 1. The van der Waals surface area contributed by atoms with Crippen LogP contribution < -0.4 is 10.1 Å². The van der Waals surface area contributed by atoms with E-state index in [9.17, 15) is 0 Å². The maximum Gasteiger partial charge on any atom is 0.218 e. The summed E-state index contributed by atoms with van der Waals surface area (Å²) in [7, 11) is 0. The number of anilines is 1. The van der Waals surface area contributed by atoms with Crippen LogP contribution in [0.1, 0.15) is 19.4 Å². The molecule has 0 amide bonds. The normalized spacial score (nSPS) is 10.5. The molecule has 0 aliphatic heterocycles. The third-order valence-electron chi connectivity index (χ3n) is 2.20. The molecule has 0 spiro atoms. The Morgan fingerprint density at radius 3 is 2.88 bits per heavy atom. The van der Waals surface area contributed by atoms with Crippen LogP contribution in [0.5, 0.6) is 5.75 Å². The number of H-pyrrole nitrogens is 1. The van der Waals surface area contributed by atoms with Gasteiger partial charge in [0, 0.05) is 12.1 Å². The second-order valence-corrected chi connectivity index (χ2v) is 3.96. The highest BCUT2D eigenvalue weighted by Crippen LogP contribution is 2.19. The Morgan fingerprint density at radius 2 is 2.18 bits per heavy atom. The molecule has 0 aliphatic rings. The molecule has 5 nitrogen and oxygen atoms in total. The van der Waals surface area contributed by atoms with Crippen molar-refractivity contribution in [1.82, 2.24) is 15.2 Å². The van der Waals surface area contributed by atoms with E-state index in [1.165, 1.54) is 6.33 Å². The van der Waals surface area contributed by atoms with Crippen molar-refractivity contribution >= 4 is 5.95 Å². The summed E-state index contributed by atoms with van der Waals surface area (Å²) in [6, 6.07) is 7.96. The van der Waals surface area contributed by atoms with Crippen LogP contribution >= 0.6 is 0 Å². The average molecular weight is 232 g/mol. The topological polar surface area (TPSA) is 62.8 Å². The molecule has 0 radical (unpaired) electrons. The maximum atomic E-state index is 5.73. The van der Waals surface area contributed by atoms with Gasteiger partial charge in [0.05, 0.1) is 6.10 Å². The molecule has 0 saturated heterocycles. The SMILES string of the molecule is CC(C)Oc1ccccc1CNc1ncn[nH]1. The fraction of sp³-hybridized carbons (Fsp3) is 0.333. The van der Waals surface area contributed by atoms with Crippen LogP contribution in [-0.2, 0) is 6.54 Å². The Balaban J connectivity index is 2.04. The van der Waals surface area contributed by atoms with Crippen LogP contribution in [0.2, 0.25) is 0 Å². The highest BCUT2D eigenvalue weighted by atomic mass is 16.5. The number of nitrogens with one attached hydrogen (secondary N) is 2. The van der Waals surface area contributed by atoms with Crippen molar-refractivity contribution in [1.29, 1.82) is 0 Å². The third kappa shape index (κ3) is 3.21. The maximum absolute atomic E-state index is 5.73. The van der Waals surface area contributed by atoms with Gasteiger partial charge in [-0.3, -0.25) is 0 Å². The van der Waals surface area contributed by atoms with E-state index in [0.29, 0.717) is 12.5 Å². The molecule has 5 heteroatoms. The fourth-order valence-corrected chi connectivity index (χ4v) is 1.49. The van der Waals surface area contributed by atoms with E-state index in [-0.39, 0.29) is 6.10 Å². The number of rotatable bonds is 5. The highest BCUT2D eigenvalue weighted by molar-refractivity contribution is 5.36. The lowest BCUT2D eigenvalue weighted by molar-refractivity contribution is 0.240. The minimum atomic E-state index is 0.168. The predicted molar refractivity (Wildman–Crippen MR) is 65.9 cm³/mol. The smallest absolute Gasteiger partial charge is 0.218 e. The molecule has 90 valence electrons. The molecular formula is C12H16N4O. The van der Waals surface area contributed by atoms with Gasteiger partial charge in [0.25, 0.3) is 0 Å². The van der Waals surface area contributed by atoms with Gasteiger partial charge in [-0.2, -0.15) is 5.10 Å². The Hall–Kier alpha value is -2.04. The van der Waals surface area contributed by atoms with Crippen molar-refractivity contribution in [2.45, 2.75) is 26.5 Å². The largest absolute Gasteiger partial charge is 0.491 e. The molecule has 0 aliphatic carbocycles. The van der Waals surface area contributed by atoms with Gasteiger partial charge in [-0.25, -0.2) is 10.1 Å². The van der Waals surface area contributed by atoms with E-state index < -0.39 is 0 Å². The molecule has 1 aromatic heterocycles. The zero-order valence-electron chi connectivity index (χ0n) is 9.97. The lowest BCUT2D eigenvalue weighted by atomic mass is 10.2. The molecule has 2 N–H and O–H groups in total. The quantitative estimate of drug-likeness (QED) is 0.829. The van der Waals surface area contributed by atoms with Crippen LogP contribution in [0, 0.1) is 0 Å². The molecule has 0 fully saturated rings. The molecule has 17 heavy (non-hydrogen) atoms. The monoisotopic (exact) mass is 232 g/mol. The summed E-state index contributed by atoms with van der Waals surface area (Å²) in [6.07, 6.45) is 1.64. The summed E-state index contributed by atoms with van der Waals surface area (Å²) in [5.41, 5.74) is 1.10. The first kappa shape index (κ1) is 11.4. The van der Waals surface area contributed by atoms with Gasteiger partial charge in [-0.15, -0.1) is 0 Å². The van der Waals surface area contributed by atoms with Crippen LogP contribution in [0.25, 0.3) is 0 Å². The van der Waals surface area contributed by atoms with Crippen LogP contribution in [0.4, 0.5) is 5.95 Å². The zero-order chi connectivity index (χ0) is 12.1. The van der Waals surface area contributed by atoms with Crippen LogP contribution in [-0.4, -0.2) is 21.3 Å². The first-order chi connectivity index (χ1) is 8.25. The Labute approximate surface area is 100 Å². The minimum absolute atomic E-state index is 0.168. The molecule has 0 saturated carbocycles. The van der Waals surface area contributed by atoms with Gasteiger partial charge in [0.2, 0.25) is 5.95 Å². The molecule has 2 aromatic rings. The second kappa shape index (κ2) is 5.34. The van der Waals surface area contributed by atoms with Gasteiger partial charge >= 0.3 is 0 Å². The summed E-state index contributed by atoms with van der Waals surface area (Å²) in [5, 5.41) is 9.68.